The summed E-state index contributed by atoms with van der Waals surface area (Å²) in [7, 11) is -1.02. The summed E-state index contributed by atoms with van der Waals surface area (Å²) in [6, 6.07) is 10.2. The number of benzene rings is 1. The Morgan fingerprint density at radius 1 is 1.20 bits per heavy atom. The average Bonchev–Trinajstić information content (AvgIpc) is 2.17. The largest absolute Gasteiger partial charge is 0.242 e. The fourth-order valence-corrected chi connectivity index (χ4v) is 1.96. The zero-order valence-corrected chi connectivity index (χ0v) is 10.6. The molecule has 0 unspecified atom stereocenters. The first kappa shape index (κ1) is 12.4. The predicted octanol–water partition coefficient (Wildman–Crippen LogP) is 2.80. The molecule has 1 aromatic rings. The third kappa shape index (κ3) is 3.76. The molecule has 0 amide bonds. The highest BCUT2D eigenvalue weighted by atomic mass is 32.2. The molecule has 0 heterocycles. The molecule has 2 nitrogen and oxygen atoms in total. The quantitative estimate of drug-likeness (QED) is 0.842. The van der Waals surface area contributed by atoms with Crippen molar-refractivity contribution in [2.24, 2.45) is 0 Å². The van der Waals surface area contributed by atoms with Gasteiger partial charge in [-0.1, -0.05) is 30.3 Å². The highest BCUT2D eigenvalue weighted by molar-refractivity contribution is 7.84. The molecule has 0 aliphatic carbocycles. The lowest BCUT2D eigenvalue weighted by atomic mass is 10.1. The summed E-state index contributed by atoms with van der Waals surface area (Å²) in [4.78, 5) is 0. The molecule has 0 aliphatic rings. The van der Waals surface area contributed by atoms with Gasteiger partial charge in [0.1, 0.15) is 0 Å². The molecule has 0 fully saturated rings. The van der Waals surface area contributed by atoms with Crippen molar-refractivity contribution >= 4 is 11.0 Å². The van der Waals surface area contributed by atoms with Crippen LogP contribution in [0.5, 0.6) is 0 Å². The van der Waals surface area contributed by atoms with Crippen LogP contribution in [0.1, 0.15) is 39.3 Å². The molecule has 84 valence electrons. The van der Waals surface area contributed by atoms with E-state index in [9.17, 15) is 4.21 Å². The maximum Gasteiger partial charge on any atom is 0.0975 e. The van der Waals surface area contributed by atoms with Crippen molar-refractivity contribution in [2.75, 3.05) is 0 Å². The molecule has 1 rings (SSSR count). The van der Waals surface area contributed by atoms with E-state index in [0.29, 0.717) is 0 Å². The van der Waals surface area contributed by atoms with Crippen molar-refractivity contribution in [1.29, 1.82) is 0 Å². The van der Waals surface area contributed by atoms with Crippen molar-refractivity contribution in [3.8, 4) is 0 Å². The molecule has 0 spiro atoms. The minimum atomic E-state index is -1.02. The van der Waals surface area contributed by atoms with Crippen molar-refractivity contribution in [1.82, 2.24) is 4.72 Å². The first-order chi connectivity index (χ1) is 6.91. The van der Waals surface area contributed by atoms with Gasteiger partial charge in [-0.2, -0.15) is 0 Å². The maximum absolute atomic E-state index is 11.8. The van der Waals surface area contributed by atoms with Crippen molar-refractivity contribution in [3.63, 3.8) is 0 Å². The van der Waals surface area contributed by atoms with Crippen molar-refractivity contribution in [3.05, 3.63) is 35.9 Å². The second-order valence-corrected chi connectivity index (χ2v) is 6.63. The number of hydrogen-bond donors (Lipinski definition) is 1. The Hall–Kier alpha value is -0.670. The van der Waals surface area contributed by atoms with Crippen LogP contribution in [0, 0.1) is 0 Å². The first-order valence-electron chi connectivity index (χ1n) is 5.14. The Kier molecular flexibility index (Phi) is 4.05. The SMILES string of the molecule is C[C@@H](N[S@](=O)C(C)(C)C)c1ccccc1. The van der Waals surface area contributed by atoms with E-state index in [-0.39, 0.29) is 10.8 Å². The van der Waals surface area contributed by atoms with E-state index in [4.69, 9.17) is 0 Å². The molecule has 15 heavy (non-hydrogen) atoms. The summed E-state index contributed by atoms with van der Waals surface area (Å²) in [6.07, 6.45) is 0. The molecule has 1 N–H and O–H groups in total. The van der Waals surface area contributed by atoms with Crippen LogP contribution in [0.25, 0.3) is 0 Å². The van der Waals surface area contributed by atoms with Gasteiger partial charge < -0.3 is 0 Å². The van der Waals surface area contributed by atoms with Gasteiger partial charge in [0.15, 0.2) is 0 Å². The van der Waals surface area contributed by atoms with Crippen LogP contribution in [-0.2, 0) is 11.0 Å². The van der Waals surface area contributed by atoms with Gasteiger partial charge in [0.2, 0.25) is 0 Å². The number of hydrogen-bond acceptors (Lipinski definition) is 1. The van der Waals surface area contributed by atoms with Crippen LogP contribution in [0.3, 0.4) is 0 Å². The zero-order chi connectivity index (χ0) is 11.5. The van der Waals surface area contributed by atoms with Crippen LogP contribution in [-0.4, -0.2) is 8.96 Å². The molecule has 2 atom stereocenters. The van der Waals surface area contributed by atoms with E-state index in [1.165, 1.54) is 0 Å². The predicted molar refractivity (Wildman–Crippen MR) is 65.9 cm³/mol. The summed E-state index contributed by atoms with van der Waals surface area (Å²) < 4.78 is 14.7. The second-order valence-electron chi connectivity index (χ2n) is 4.63. The number of nitrogens with one attached hydrogen (secondary N) is 1. The topological polar surface area (TPSA) is 29.1 Å². The van der Waals surface area contributed by atoms with E-state index in [1.807, 2.05) is 58.0 Å². The van der Waals surface area contributed by atoms with Crippen LogP contribution in [0.2, 0.25) is 0 Å². The third-order valence-corrected chi connectivity index (χ3v) is 3.82. The zero-order valence-electron chi connectivity index (χ0n) is 9.78. The Balaban J connectivity index is 2.65. The molecule has 0 saturated heterocycles. The fraction of sp³-hybridized carbons (Fsp3) is 0.500. The molecule has 3 heteroatoms. The van der Waals surface area contributed by atoms with Crippen LogP contribution in [0.4, 0.5) is 0 Å². The summed E-state index contributed by atoms with van der Waals surface area (Å²) in [5, 5.41) is 0. The van der Waals surface area contributed by atoms with Gasteiger partial charge in [-0.05, 0) is 33.3 Å². The van der Waals surface area contributed by atoms with E-state index >= 15 is 0 Å². The van der Waals surface area contributed by atoms with Gasteiger partial charge in [0.25, 0.3) is 0 Å². The standard InChI is InChI=1S/C12H19NOS/c1-10(11-8-6-5-7-9-11)13-15(14)12(2,3)4/h5-10,13H,1-4H3/t10-,15-/m1/s1. The summed E-state index contributed by atoms with van der Waals surface area (Å²) >= 11 is 0. The summed E-state index contributed by atoms with van der Waals surface area (Å²) in [6.45, 7) is 7.93. The Morgan fingerprint density at radius 2 is 1.73 bits per heavy atom. The van der Waals surface area contributed by atoms with E-state index in [0.717, 1.165) is 5.56 Å². The van der Waals surface area contributed by atoms with Gasteiger partial charge in [-0.25, -0.2) is 8.93 Å². The molecule has 0 aromatic heterocycles. The van der Waals surface area contributed by atoms with Gasteiger partial charge >= 0.3 is 0 Å². The molecule has 0 aliphatic heterocycles. The molecule has 0 saturated carbocycles. The van der Waals surface area contributed by atoms with E-state index in [2.05, 4.69) is 4.72 Å². The second kappa shape index (κ2) is 4.90. The molecule has 0 radical (unpaired) electrons. The summed E-state index contributed by atoms with van der Waals surface area (Å²) in [5.41, 5.74) is 1.16. The smallest absolute Gasteiger partial charge is 0.0975 e. The van der Waals surface area contributed by atoms with Gasteiger partial charge in [-0.3, -0.25) is 0 Å². The lowest BCUT2D eigenvalue weighted by molar-refractivity contribution is 0.616. The van der Waals surface area contributed by atoms with Gasteiger partial charge in [0.05, 0.1) is 15.7 Å². The summed E-state index contributed by atoms with van der Waals surface area (Å²) in [5.74, 6) is 0. The van der Waals surface area contributed by atoms with Gasteiger partial charge in [0, 0.05) is 6.04 Å². The monoisotopic (exact) mass is 225 g/mol. The Labute approximate surface area is 94.7 Å². The molecule has 0 bridgehead atoms. The van der Waals surface area contributed by atoms with Crippen LogP contribution < -0.4 is 4.72 Å². The highest BCUT2D eigenvalue weighted by Gasteiger charge is 2.21. The normalized spacial score (nSPS) is 16.0. The lowest BCUT2D eigenvalue weighted by Crippen LogP contribution is -2.34. The third-order valence-electron chi connectivity index (χ3n) is 2.14. The maximum atomic E-state index is 11.8. The average molecular weight is 225 g/mol. The molecular formula is C12H19NOS. The fourth-order valence-electron chi connectivity index (χ4n) is 1.15. The lowest BCUT2D eigenvalue weighted by Gasteiger charge is -2.22. The molecular weight excluding hydrogens is 206 g/mol. The first-order valence-corrected chi connectivity index (χ1v) is 6.29. The van der Waals surface area contributed by atoms with Crippen molar-refractivity contribution < 1.29 is 4.21 Å². The van der Waals surface area contributed by atoms with Crippen LogP contribution >= 0.6 is 0 Å². The molecule has 1 aromatic carbocycles. The highest BCUT2D eigenvalue weighted by Crippen LogP contribution is 2.16. The number of rotatable bonds is 3. The van der Waals surface area contributed by atoms with Crippen molar-refractivity contribution in [2.45, 2.75) is 38.5 Å². The van der Waals surface area contributed by atoms with E-state index < -0.39 is 11.0 Å². The Morgan fingerprint density at radius 3 is 2.20 bits per heavy atom. The van der Waals surface area contributed by atoms with Crippen LogP contribution in [0.15, 0.2) is 30.3 Å². The Bertz CT molecular complexity index is 329. The van der Waals surface area contributed by atoms with Gasteiger partial charge in [-0.15, -0.1) is 0 Å². The van der Waals surface area contributed by atoms with E-state index in [1.54, 1.807) is 0 Å². The minimum absolute atomic E-state index is 0.117. The minimum Gasteiger partial charge on any atom is -0.242 e.